The summed E-state index contributed by atoms with van der Waals surface area (Å²) in [6, 6.07) is 17.1. The van der Waals surface area contributed by atoms with E-state index in [2.05, 4.69) is 26.3 Å². The second kappa shape index (κ2) is 7.31. The molecule has 1 aliphatic rings. The molecule has 142 valence electrons. The van der Waals surface area contributed by atoms with Gasteiger partial charge in [0.05, 0.1) is 6.04 Å². The number of hydrogen-bond donors (Lipinski definition) is 1. The molecule has 5 rings (SSSR count). The minimum atomic E-state index is -0.228. The highest BCUT2D eigenvalue weighted by molar-refractivity contribution is 5.94. The third kappa shape index (κ3) is 3.40. The summed E-state index contributed by atoms with van der Waals surface area (Å²) >= 11 is 0. The second-order valence-corrected chi connectivity index (χ2v) is 6.96. The lowest BCUT2D eigenvalue weighted by atomic mass is 9.93. The fourth-order valence-electron chi connectivity index (χ4n) is 3.63. The summed E-state index contributed by atoms with van der Waals surface area (Å²) in [4.78, 5) is 25.6. The lowest BCUT2D eigenvalue weighted by Crippen LogP contribution is -2.43. The van der Waals surface area contributed by atoms with Gasteiger partial charge in [-0.2, -0.15) is 0 Å². The highest BCUT2D eigenvalue weighted by Crippen LogP contribution is 2.34. The summed E-state index contributed by atoms with van der Waals surface area (Å²) < 4.78 is 5.94. The molecule has 0 saturated heterocycles. The number of nitrogens with one attached hydrogen (secondary N) is 1. The van der Waals surface area contributed by atoms with Crippen molar-refractivity contribution in [1.29, 1.82) is 0 Å². The van der Waals surface area contributed by atoms with Crippen LogP contribution in [0, 0.1) is 0 Å². The van der Waals surface area contributed by atoms with Crippen LogP contribution >= 0.6 is 0 Å². The Morgan fingerprint density at radius 2 is 1.97 bits per heavy atom. The van der Waals surface area contributed by atoms with E-state index in [9.17, 15) is 4.79 Å². The van der Waals surface area contributed by atoms with Crippen molar-refractivity contribution < 1.29 is 9.53 Å². The number of pyridine rings is 3. The molecule has 0 fully saturated rings. The van der Waals surface area contributed by atoms with Gasteiger partial charge in [-0.25, -0.2) is 9.97 Å². The number of aromatic nitrogens is 3. The predicted octanol–water partition coefficient (Wildman–Crippen LogP) is 3.43. The molecule has 1 atom stereocenters. The third-order valence-electron chi connectivity index (χ3n) is 5.03. The molecule has 0 aliphatic carbocycles. The Hall–Kier alpha value is -3.80. The van der Waals surface area contributed by atoms with Crippen LogP contribution in [0.4, 0.5) is 0 Å². The summed E-state index contributed by atoms with van der Waals surface area (Å²) in [7, 11) is 0. The SMILES string of the molecule is O=C(N[C@@H]1COc2cccc(-c3cccnc3)c2C1)c1ccc2cccnc2n1. The molecule has 6 nitrogen and oxygen atoms in total. The van der Waals surface area contributed by atoms with Crippen LogP contribution in [0.15, 0.2) is 73.2 Å². The van der Waals surface area contributed by atoms with Gasteiger partial charge in [-0.1, -0.05) is 18.2 Å². The lowest BCUT2D eigenvalue weighted by molar-refractivity contribution is 0.0910. The number of amides is 1. The van der Waals surface area contributed by atoms with E-state index in [0.717, 1.165) is 27.8 Å². The van der Waals surface area contributed by atoms with Crippen LogP contribution in [-0.4, -0.2) is 33.5 Å². The average molecular weight is 382 g/mol. The topological polar surface area (TPSA) is 77.0 Å². The van der Waals surface area contributed by atoms with E-state index in [4.69, 9.17) is 4.74 Å². The molecule has 1 N–H and O–H groups in total. The first-order valence-corrected chi connectivity index (χ1v) is 9.46. The number of benzene rings is 1. The number of carbonyl (C=O) groups is 1. The van der Waals surface area contributed by atoms with Crippen LogP contribution in [0.25, 0.3) is 22.2 Å². The van der Waals surface area contributed by atoms with E-state index in [1.165, 1.54) is 0 Å². The van der Waals surface area contributed by atoms with Gasteiger partial charge in [0.15, 0.2) is 5.65 Å². The largest absolute Gasteiger partial charge is 0.491 e. The number of carbonyl (C=O) groups excluding carboxylic acids is 1. The Kier molecular flexibility index (Phi) is 4.37. The molecule has 0 spiro atoms. The molecule has 4 heterocycles. The Balaban J connectivity index is 1.38. The molecule has 29 heavy (non-hydrogen) atoms. The standard InChI is InChI=1S/C23H18N4O2/c28-23(20-9-8-15-4-3-11-25-22(15)27-20)26-17-12-19-18(16-5-2-10-24-13-16)6-1-7-21(19)29-14-17/h1-11,13,17H,12,14H2,(H,26,28)/t17-/m0/s1. The molecular weight excluding hydrogens is 364 g/mol. The Morgan fingerprint density at radius 3 is 2.86 bits per heavy atom. The van der Waals surface area contributed by atoms with E-state index in [1.807, 2.05) is 48.7 Å². The highest BCUT2D eigenvalue weighted by Gasteiger charge is 2.25. The fraction of sp³-hybridized carbons (Fsp3) is 0.130. The lowest BCUT2D eigenvalue weighted by Gasteiger charge is -2.27. The first-order chi connectivity index (χ1) is 14.3. The number of fused-ring (bicyclic) bond motifs is 2. The monoisotopic (exact) mass is 382 g/mol. The number of ether oxygens (including phenoxy) is 1. The van der Waals surface area contributed by atoms with Gasteiger partial charge in [-0.05, 0) is 42.0 Å². The van der Waals surface area contributed by atoms with Crippen LogP contribution in [0.3, 0.4) is 0 Å². The zero-order valence-electron chi connectivity index (χ0n) is 15.6. The van der Waals surface area contributed by atoms with E-state index in [1.54, 1.807) is 18.5 Å². The molecule has 0 saturated carbocycles. The van der Waals surface area contributed by atoms with Gasteiger partial charge >= 0.3 is 0 Å². The van der Waals surface area contributed by atoms with E-state index in [0.29, 0.717) is 24.4 Å². The first kappa shape index (κ1) is 17.3. The summed E-state index contributed by atoms with van der Waals surface area (Å²) in [6.07, 6.45) is 5.94. The maximum atomic E-state index is 12.8. The predicted molar refractivity (Wildman–Crippen MR) is 110 cm³/mol. The fourth-order valence-corrected chi connectivity index (χ4v) is 3.63. The molecule has 6 heteroatoms. The first-order valence-electron chi connectivity index (χ1n) is 9.46. The van der Waals surface area contributed by atoms with Gasteiger partial charge in [-0.3, -0.25) is 9.78 Å². The van der Waals surface area contributed by atoms with Gasteiger partial charge in [0, 0.05) is 41.5 Å². The van der Waals surface area contributed by atoms with Gasteiger partial charge in [-0.15, -0.1) is 0 Å². The molecule has 1 amide bonds. The van der Waals surface area contributed by atoms with Gasteiger partial charge in [0.25, 0.3) is 5.91 Å². The Morgan fingerprint density at radius 1 is 1.03 bits per heavy atom. The van der Waals surface area contributed by atoms with Crippen molar-refractivity contribution in [3.05, 3.63) is 84.4 Å². The molecule has 0 unspecified atom stereocenters. The van der Waals surface area contributed by atoms with Crippen LogP contribution in [-0.2, 0) is 6.42 Å². The average Bonchev–Trinajstić information content (AvgIpc) is 2.79. The van der Waals surface area contributed by atoms with Crippen molar-refractivity contribution in [2.45, 2.75) is 12.5 Å². The van der Waals surface area contributed by atoms with Crippen LogP contribution in [0.5, 0.6) is 5.75 Å². The van der Waals surface area contributed by atoms with Crippen molar-refractivity contribution >= 4 is 16.9 Å². The maximum Gasteiger partial charge on any atom is 0.270 e. The normalized spacial score (nSPS) is 15.4. The van der Waals surface area contributed by atoms with Crippen molar-refractivity contribution in [2.24, 2.45) is 0 Å². The minimum Gasteiger partial charge on any atom is -0.491 e. The van der Waals surface area contributed by atoms with Crippen LogP contribution in [0.1, 0.15) is 16.1 Å². The molecule has 3 aromatic heterocycles. The second-order valence-electron chi connectivity index (χ2n) is 6.96. The number of nitrogens with zero attached hydrogens (tertiary/aromatic N) is 3. The van der Waals surface area contributed by atoms with Crippen molar-refractivity contribution in [2.75, 3.05) is 6.61 Å². The number of rotatable bonds is 3. The molecule has 1 aliphatic heterocycles. The summed E-state index contributed by atoms with van der Waals surface area (Å²) in [5.41, 5.74) is 4.08. The molecule has 4 aromatic rings. The van der Waals surface area contributed by atoms with Crippen molar-refractivity contribution in [3.8, 4) is 16.9 Å². The Bertz CT molecular complexity index is 1190. The summed E-state index contributed by atoms with van der Waals surface area (Å²) in [5.74, 6) is 0.623. The van der Waals surface area contributed by atoms with Gasteiger partial charge in [0.2, 0.25) is 0 Å². The summed E-state index contributed by atoms with van der Waals surface area (Å²) in [5, 5.41) is 3.95. The number of hydrogen-bond acceptors (Lipinski definition) is 5. The zero-order chi connectivity index (χ0) is 19.6. The van der Waals surface area contributed by atoms with Crippen LogP contribution in [0.2, 0.25) is 0 Å². The van der Waals surface area contributed by atoms with Crippen LogP contribution < -0.4 is 10.1 Å². The quantitative estimate of drug-likeness (QED) is 0.587. The summed E-state index contributed by atoms with van der Waals surface area (Å²) in [6.45, 7) is 0.418. The van der Waals surface area contributed by atoms with E-state index in [-0.39, 0.29) is 11.9 Å². The molecule has 0 radical (unpaired) electrons. The highest BCUT2D eigenvalue weighted by atomic mass is 16.5. The third-order valence-corrected chi connectivity index (χ3v) is 5.03. The van der Waals surface area contributed by atoms with Gasteiger partial charge < -0.3 is 10.1 Å². The molecular formula is C23H18N4O2. The van der Waals surface area contributed by atoms with Crippen molar-refractivity contribution in [3.63, 3.8) is 0 Å². The van der Waals surface area contributed by atoms with E-state index < -0.39 is 0 Å². The smallest absolute Gasteiger partial charge is 0.270 e. The maximum absolute atomic E-state index is 12.8. The zero-order valence-corrected chi connectivity index (χ0v) is 15.6. The van der Waals surface area contributed by atoms with Gasteiger partial charge in [0.1, 0.15) is 18.1 Å². The molecule has 1 aromatic carbocycles. The molecule has 0 bridgehead atoms. The minimum absolute atomic E-state index is 0.144. The Labute approximate surface area is 167 Å². The van der Waals surface area contributed by atoms with E-state index >= 15 is 0 Å². The van der Waals surface area contributed by atoms with Crippen molar-refractivity contribution in [1.82, 2.24) is 20.3 Å².